The molecule has 1 fully saturated rings. The fourth-order valence-corrected chi connectivity index (χ4v) is 2.33. The molecule has 0 spiro atoms. The molecule has 3 heteroatoms. The van der Waals surface area contributed by atoms with Crippen LogP contribution in [0.25, 0.3) is 0 Å². The third-order valence-electron chi connectivity index (χ3n) is 3.50. The Kier molecular flexibility index (Phi) is 4.61. The van der Waals surface area contributed by atoms with Crippen LogP contribution >= 0.6 is 0 Å². The molecule has 2 aliphatic heterocycles. The topological polar surface area (TPSA) is 15.7 Å². The molecule has 0 aromatic rings. The fourth-order valence-electron chi connectivity index (χ4n) is 2.33. The Labute approximate surface area is 110 Å². The highest BCUT2D eigenvalue weighted by Gasteiger charge is 2.14. The molecule has 0 atom stereocenters. The van der Waals surface area contributed by atoms with Crippen LogP contribution in [-0.2, 0) is 4.74 Å². The van der Waals surface area contributed by atoms with Crippen molar-refractivity contribution >= 4 is 0 Å². The lowest BCUT2D eigenvalue weighted by Gasteiger charge is -2.30. The lowest BCUT2D eigenvalue weighted by molar-refractivity contribution is 0.0385. The molecule has 0 radical (unpaired) electrons. The largest absolute Gasteiger partial charge is 0.379 e. The summed E-state index contributed by atoms with van der Waals surface area (Å²) in [6.07, 6.45) is 7.66. The Morgan fingerprint density at radius 1 is 1.28 bits per heavy atom. The van der Waals surface area contributed by atoms with Crippen LogP contribution < -0.4 is 0 Å². The molecule has 0 aromatic carbocycles. The smallest absolute Gasteiger partial charge is 0.0594 e. The van der Waals surface area contributed by atoms with Crippen LogP contribution in [-0.4, -0.2) is 48.7 Å². The van der Waals surface area contributed by atoms with Crippen molar-refractivity contribution in [3.63, 3.8) is 0 Å². The summed E-state index contributed by atoms with van der Waals surface area (Å²) in [5, 5.41) is 0. The molecule has 0 aliphatic carbocycles. The summed E-state index contributed by atoms with van der Waals surface area (Å²) in [4.78, 5) is 4.72. The van der Waals surface area contributed by atoms with Gasteiger partial charge in [-0.05, 0) is 31.9 Å². The maximum absolute atomic E-state index is 5.36. The molecule has 0 bridgehead atoms. The zero-order valence-corrected chi connectivity index (χ0v) is 11.6. The molecule has 2 aliphatic rings. The van der Waals surface area contributed by atoms with Gasteiger partial charge in [-0.1, -0.05) is 12.7 Å². The van der Waals surface area contributed by atoms with Crippen LogP contribution in [0.2, 0.25) is 0 Å². The van der Waals surface area contributed by atoms with Crippen molar-refractivity contribution in [2.75, 3.05) is 32.8 Å². The van der Waals surface area contributed by atoms with Gasteiger partial charge >= 0.3 is 0 Å². The molecule has 0 aromatic heterocycles. The van der Waals surface area contributed by atoms with Gasteiger partial charge in [0.05, 0.1) is 13.2 Å². The molecule has 0 saturated carbocycles. The van der Waals surface area contributed by atoms with E-state index in [0.717, 1.165) is 45.0 Å². The van der Waals surface area contributed by atoms with E-state index in [9.17, 15) is 0 Å². The SMILES string of the molecule is C=C1C=CC(CCN2CCOCC2)=CN1C(C)C. The Morgan fingerprint density at radius 2 is 2.00 bits per heavy atom. The lowest BCUT2D eigenvalue weighted by atomic mass is 10.1. The lowest BCUT2D eigenvalue weighted by Crippen LogP contribution is -2.37. The first kappa shape index (κ1) is 13.4. The zero-order valence-electron chi connectivity index (χ0n) is 11.6. The first-order chi connectivity index (χ1) is 8.66. The van der Waals surface area contributed by atoms with E-state index in [1.165, 1.54) is 5.57 Å². The summed E-state index contributed by atoms with van der Waals surface area (Å²) in [7, 11) is 0. The second kappa shape index (κ2) is 6.21. The molecule has 0 unspecified atom stereocenters. The number of morpholine rings is 1. The summed E-state index contributed by atoms with van der Waals surface area (Å²) in [5.74, 6) is 0. The third-order valence-corrected chi connectivity index (χ3v) is 3.50. The number of hydrogen-bond acceptors (Lipinski definition) is 3. The van der Waals surface area contributed by atoms with E-state index < -0.39 is 0 Å². The van der Waals surface area contributed by atoms with Crippen molar-refractivity contribution in [3.05, 3.63) is 36.2 Å². The van der Waals surface area contributed by atoms with Gasteiger partial charge in [0.15, 0.2) is 0 Å². The maximum atomic E-state index is 5.36. The van der Waals surface area contributed by atoms with Crippen LogP contribution in [0.15, 0.2) is 36.2 Å². The molecule has 2 rings (SSSR count). The number of hydrogen-bond donors (Lipinski definition) is 0. The van der Waals surface area contributed by atoms with Gasteiger partial charge in [-0.2, -0.15) is 0 Å². The van der Waals surface area contributed by atoms with Crippen molar-refractivity contribution < 1.29 is 4.74 Å². The van der Waals surface area contributed by atoms with Crippen molar-refractivity contribution in [2.45, 2.75) is 26.3 Å². The van der Waals surface area contributed by atoms with Gasteiger partial charge < -0.3 is 9.64 Å². The molecular weight excluding hydrogens is 224 g/mol. The summed E-state index contributed by atoms with van der Waals surface area (Å²) in [6.45, 7) is 13.5. The van der Waals surface area contributed by atoms with Crippen LogP contribution in [0.3, 0.4) is 0 Å². The highest BCUT2D eigenvalue weighted by molar-refractivity contribution is 5.32. The van der Waals surface area contributed by atoms with E-state index in [1.807, 2.05) is 0 Å². The first-order valence-corrected chi connectivity index (χ1v) is 6.83. The van der Waals surface area contributed by atoms with E-state index in [0.29, 0.717) is 6.04 Å². The van der Waals surface area contributed by atoms with Crippen LogP contribution in [0.4, 0.5) is 0 Å². The monoisotopic (exact) mass is 248 g/mol. The predicted molar refractivity (Wildman–Crippen MR) is 75.2 cm³/mol. The minimum absolute atomic E-state index is 0.473. The highest BCUT2D eigenvalue weighted by Crippen LogP contribution is 2.20. The van der Waals surface area contributed by atoms with Crippen LogP contribution in [0, 0.1) is 0 Å². The van der Waals surface area contributed by atoms with E-state index >= 15 is 0 Å². The second-order valence-corrected chi connectivity index (χ2v) is 5.23. The number of allylic oxidation sites excluding steroid dienone is 2. The molecule has 1 saturated heterocycles. The minimum Gasteiger partial charge on any atom is -0.379 e. The average Bonchev–Trinajstić information content (AvgIpc) is 2.38. The van der Waals surface area contributed by atoms with E-state index in [2.05, 4.69) is 48.6 Å². The molecule has 0 amide bonds. The molecule has 3 nitrogen and oxygen atoms in total. The Hall–Kier alpha value is -1.06. The van der Waals surface area contributed by atoms with Gasteiger partial charge in [0.1, 0.15) is 0 Å². The van der Waals surface area contributed by atoms with E-state index in [4.69, 9.17) is 4.74 Å². The molecular formula is C15H24N2O. The Balaban J connectivity index is 1.86. The van der Waals surface area contributed by atoms with E-state index in [1.54, 1.807) is 0 Å². The predicted octanol–water partition coefficient (Wildman–Crippen LogP) is 2.39. The van der Waals surface area contributed by atoms with Gasteiger partial charge in [0, 0.05) is 37.6 Å². The van der Waals surface area contributed by atoms with Gasteiger partial charge in [-0.25, -0.2) is 0 Å². The van der Waals surface area contributed by atoms with Crippen molar-refractivity contribution in [3.8, 4) is 0 Å². The molecule has 100 valence electrons. The zero-order chi connectivity index (χ0) is 13.0. The summed E-state index contributed by atoms with van der Waals surface area (Å²) < 4.78 is 5.36. The van der Waals surface area contributed by atoms with Crippen molar-refractivity contribution in [2.24, 2.45) is 0 Å². The standard InChI is InChI=1S/C15H24N2O/c1-13(2)17-12-15(5-4-14(17)3)6-7-16-8-10-18-11-9-16/h4-5,12-13H,3,6-11H2,1-2H3. The van der Waals surface area contributed by atoms with Crippen LogP contribution in [0.5, 0.6) is 0 Å². The minimum atomic E-state index is 0.473. The van der Waals surface area contributed by atoms with E-state index in [-0.39, 0.29) is 0 Å². The fraction of sp³-hybridized carbons (Fsp3) is 0.600. The third kappa shape index (κ3) is 3.47. The maximum Gasteiger partial charge on any atom is 0.0594 e. The Morgan fingerprint density at radius 3 is 2.67 bits per heavy atom. The average molecular weight is 248 g/mol. The highest BCUT2D eigenvalue weighted by atomic mass is 16.5. The number of rotatable bonds is 4. The number of ether oxygens (including phenoxy) is 1. The quantitative estimate of drug-likeness (QED) is 0.760. The summed E-state index contributed by atoms with van der Waals surface area (Å²) in [6, 6.07) is 0.473. The van der Waals surface area contributed by atoms with Crippen molar-refractivity contribution in [1.29, 1.82) is 0 Å². The van der Waals surface area contributed by atoms with Gasteiger partial charge in [-0.15, -0.1) is 0 Å². The number of nitrogens with zero attached hydrogens (tertiary/aromatic N) is 2. The molecule has 18 heavy (non-hydrogen) atoms. The van der Waals surface area contributed by atoms with Gasteiger partial charge in [-0.3, -0.25) is 4.90 Å². The Bertz CT molecular complexity index is 352. The van der Waals surface area contributed by atoms with Gasteiger partial charge in [0.2, 0.25) is 0 Å². The molecule has 2 heterocycles. The molecule has 0 N–H and O–H groups in total. The second-order valence-electron chi connectivity index (χ2n) is 5.23. The normalized spacial score (nSPS) is 21.6. The van der Waals surface area contributed by atoms with Crippen LogP contribution in [0.1, 0.15) is 20.3 Å². The first-order valence-electron chi connectivity index (χ1n) is 6.83. The summed E-state index contributed by atoms with van der Waals surface area (Å²) >= 11 is 0. The van der Waals surface area contributed by atoms with Crippen molar-refractivity contribution in [1.82, 2.24) is 9.80 Å². The summed E-state index contributed by atoms with van der Waals surface area (Å²) in [5.41, 5.74) is 2.47. The van der Waals surface area contributed by atoms with Gasteiger partial charge in [0.25, 0.3) is 0 Å².